The topological polar surface area (TPSA) is 121 Å². The summed E-state index contributed by atoms with van der Waals surface area (Å²) in [6, 6.07) is 8.78. The Morgan fingerprint density at radius 1 is 1.19 bits per heavy atom. The zero-order valence-corrected chi connectivity index (χ0v) is 21.8. The van der Waals surface area contributed by atoms with E-state index in [4.69, 9.17) is 4.74 Å². The maximum absolute atomic E-state index is 13.1. The number of hydrogen-bond donors (Lipinski definition) is 1. The predicted molar refractivity (Wildman–Crippen MR) is 136 cm³/mol. The van der Waals surface area contributed by atoms with Crippen molar-refractivity contribution in [2.24, 2.45) is 4.99 Å². The first kappa shape index (κ1) is 25.8. The third-order valence-electron chi connectivity index (χ3n) is 6.77. The molecular weight excluding hydrogens is 482 g/mol. The van der Waals surface area contributed by atoms with Crippen LogP contribution in [0.4, 0.5) is 0 Å². The van der Waals surface area contributed by atoms with E-state index in [9.17, 15) is 18.0 Å². The lowest BCUT2D eigenvalue weighted by Crippen LogP contribution is -2.50. The lowest BCUT2D eigenvalue weighted by molar-refractivity contribution is -0.124. The molecule has 1 N–H and O–H groups in total. The molecule has 0 atom stereocenters. The molecule has 0 saturated carbocycles. The number of hydrogen-bond acceptors (Lipinski definition) is 7. The zero-order valence-electron chi connectivity index (χ0n) is 20.9. The molecule has 10 nitrogen and oxygen atoms in total. The van der Waals surface area contributed by atoms with E-state index in [1.54, 1.807) is 44.6 Å². The number of methoxy groups -OCH3 is 1. The fraction of sp³-hybridized carbons (Fsp3) is 0.440. The highest BCUT2D eigenvalue weighted by Crippen LogP contribution is 2.32. The SMILES string of the molecule is COc1cc(C2=NC3(CCN(S(=O)(=O)CCc4ccc(C(=O)N(C)C)cc4C)CC3)C(=O)N2)ccn1. The quantitative estimate of drug-likeness (QED) is 0.597. The number of carbonyl (C=O) groups excluding carboxylic acids is 2. The van der Waals surface area contributed by atoms with Gasteiger partial charge < -0.3 is 15.0 Å². The van der Waals surface area contributed by atoms with E-state index in [2.05, 4.69) is 15.3 Å². The molecule has 192 valence electrons. The highest BCUT2D eigenvalue weighted by Gasteiger charge is 2.47. The number of aliphatic imine (C=N–C) groups is 1. The van der Waals surface area contributed by atoms with Gasteiger partial charge in [0.2, 0.25) is 15.9 Å². The molecule has 1 aromatic heterocycles. The fourth-order valence-electron chi connectivity index (χ4n) is 4.53. The summed E-state index contributed by atoms with van der Waals surface area (Å²) >= 11 is 0. The van der Waals surface area contributed by atoms with Gasteiger partial charge in [-0.3, -0.25) is 14.6 Å². The van der Waals surface area contributed by atoms with Gasteiger partial charge in [-0.1, -0.05) is 6.07 Å². The molecular formula is C25H31N5O5S. The summed E-state index contributed by atoms with van der Waals surface area (Å²) in [6.07, 6.45) is 2.55. The standard InChI is InChI=1S/C25H31N5O5S/c1-17-15-20(23(31)29(2)3)6-5-18(17)8-14-36(33,34)30-12-9-25(10-13-30)24(32)27-22(28-25)19-7-11-26-21(16-19)35-4/h5-7,11,15-16H,8-10,12-14H2,1-4H3,(H,27,28,32). The summed E-state index contributed by atoms with van der Waals surface area (Å²) in [5.41, 5.74) is 2.07. The second-order valence-corrected chi connectivity index (χ2v) is 11.4. The Labute approximate surface area is 211 Å². The van der Waals surface area contributed by atoms with Crippen molar-refractivity contribution in [3.8, 4) is 5.88 Å². The number of piperidine rings is 1. The Hall–Kier alpha value is -3.31. The minimum Gasteiger partial charge on any atom is -0.481 e. The molecule has 0 unspecified atom stereocenters. The zero-order chi connectivity index (χ0) is 26.1. The van der Waals surface area contributed by atoms with Gasteiger partial charge in [0.15, 0.2) is 0 Å². The van der Waals surface area contributed by atoms with Crippen molar-refractivity contribution in [2.45, 2.75) is 31.7 Å². The van der Waals surface area contributed by atoms with Crippen LogP contribution in [0.5, 0.6) is 5.88 Å². The molecule has 0 aliphatic carbocycles. The van der Waals surface area contributed by atoms with Crippen molar-refractivity contribution in [3.63, 3.8) is 0 Å². The van der Waals surface area contributed by atoms with E-state index in [1.165, 1.54) is 16.3 Å². The molecule has 1 saturated heterocycles. The lowest BCUT2D eigenvalue weighted by atomic mass is 9.89. The molecule has 4 rings (SSSR count). The molecule has 2 amide bonds. The number of nitrogens with zero attached hydrogens (tertiary/aromatic N) is 4. The Morgan fingerprint density at radius 2 is 1.92 bits per heavy atom. The number of aryl methyl sites for hydroxylation is 2. The average Bonchev–Trinajstić information content (AvgIpc) is 3.18. The molecule has 2 aliphatic heterocycles. The molecule has 36 heavy (non-hydrogen) atoms. The van der Waals surface area contributed by atoms with Gasteiger partial charge in [-0.15, -0.1) is 0 Å². The Bertz CT molecular complexity index is 1310. The fourth-order valence-corrected chi connectivity index (χ4v) is 6.01. The summed E-state index contributed by atoms with van der Waals surface area (Å²) in [5.74, 6) is 0.515. The summed E-state index contributed by atoms with van der Waals surface area (Å²) in [5, 5.41) is 2.84. The molecule has 0 radical (unpaired) electrons. The summed E-state index contributed by atoms with van der Waals surface area (Å²) < 4.78 is 32.8. The van der Waals surface area contributed by atoms with E-state index in [0.717, 1.165) is 11.1 Å². The largest absolute Gasteiger partial charge is 0.481 e. The van der Waals surface area contributed by atoms with Crippen molar-refractivity contribution in [2.75, 3.05) is 40.0 Å². The minimum absolute atomic E-state index is 0.0423. The number of benzene rings is 1. The van der Waals surface area contributed by atoms with Crippen molar-refractivity contribution in [1.29, 1.82) is 0 Å². The van der Waals surface area contributed by atoms with Crippen LogP contribution >= 0.6 is 0 Å². The number of amides is 2. The monoisotopic (exact) mass is 513 g/mol. The number of ether oxygens (including phenoxy) is 1. The van der Waals surface area contributed by atoms with Crippen LogP contribution in [0.15, 0.2) is 41.5 Å². The predicted octanol–water partition coefficient (Wildman–Crippen LogP) is 1.38. The van der Waals surface area contributed by atoms with Gasteiger partial charge in [0.25, 0.3) is 11.8 Å². The van der Waals surface area contributed by atoms with Gasteiger partial charge in [0, 0.05) is 50.6 Å². The Balaban J connectivity index is 1.40. The highest BCUT2D eigenvalue weighted by atomic mass is 32.2. The number of amidine groups is 1. The van der Waals surface area contributed by atoms with Gasteiger partial charge >= 0.3 is 0 Å². The third kappa shape index (κ3) is 5.12. The van der Waals surface area contributed by atoms with E-state index in [-0.39, 0.29) is 30.7 Å². The van der Waals surface area contributed by atoms with Gasteiger partial charge in [0.1, 0.15) is 11.4 Å². The maximum atomic E-state index is 13.1. The highest BCUT2D eigenvalue weighted by molar-refractivity contribution is 7.89. The van der Waals surface area contributed by atoms with Crippen LogP contribution in [0.1, 0.15) is 39.9 Å². The molecule has 2 aliphatic rings. The first-order valence-corrected chi connectivity index (χ1v) is 13.4. The molecule has 1 fully saturated rings. The van der Waals surface area contributed by atoms with Gasteiger partial charge in [-0.2, -0.15) is 0 Å². The van der Waals surface area contributed by atoms with Crippen LogP contribution in [-0.4, -0.2) is 85.8 Å². The molecule has 11 heteroatoms. The maximum Gasteiger partial charge on any atom is 0.253 e. The van der Waals surface area contributed by atoms with Crippen LogP contribution in [-0.2, 0) is 21.2 Å². The van der Waals surface area contributed by atoms with E-state index in [1.807, 2.05) is 13.0 Å². The van der Waals surface area contributed by atoms with Crippen molar-refractivity contribution < 1.29 is 22.7 Å². The Kier molecular flexibility index (Phi) is 7.14. The van der Waals surface area contributed by atoms with Crippen LogP contribution < -0.4 is 10.1 Å². The summed E-state index contributed by atoms with van der Waals surface area (Å²) in [6.45, 7) is 2.33. The van der Waals surface area contributed by atoms with Gasteiger partial charge in [-0.05, 0) is 55.5 Å². The van der Waals surface area contributed by atoms with Gasteiger partial charge in [-0.25, -0.2) is 17.7 Å². The number of carbonyl (C=O) groups is 2. The van der Waals surface area contributed by atoms with Crippen LogP contribution in [0.2, 0.25) is 0 Å². The lowest BCUT2D eigenvalue weighted by Gasteiger charge is -2.34. The molecule has 0 bridgehead atoms. The van der Waals surface area contributed by atoms with Crippen molar-refractivity contribution in [3.05, 3.63) is 58.8 Å². The van der Waals surface area contributed by atoms with E-state index in [0.29, 0.717) is 42.1 Å². The minimum atomic E-state index is -3.52. The number of sulfonamides is 1. The van der Waals surface area contributed by atoms with Crippen molar-refractivity contribution in [1.82, 2.24) is 19.5 Å². The first-order valence-electron chi connectivity index (χ1n) is 11.8. The molecule has 1 spiro atoms. The number of rotatable bonds is 7. The second-order valence-electron chi connectivity index (χ2n) is 9.34. The number of pyridine rings is 1. The van der Waals surface area contributed by atoms with Crippen LogP contribution in [0.3, 0.4) is 0 Å². The molecule has 2 aromatic rings. The summed E-state index contributed by atoms with van der Waals surface area (Å²) in [7, 11) is 1.38. The van der Waals surface area contributed by atoms with E-state index >= 15 is 0 Å². The third-order valence-corrected chi connectivity index (χ3v) is 8.64. The normalized spacial score (nSPS) is 17.6. The first-order chi connectivity index (χ1) is 17.0. The van der Waals surface area contributed by atoms with Crippen LogP contribution in [0, 0.1) is 6.92 Å². The van der Waals surface area contributed by atoms with Crippen molar-refractivity contribution >= 4 is 27.7 Å². The second kappa shape index (κ2) is 9.98. The van der Waals surface area contributed by atoms with Crippen LogP contribution in [0.25, 0.3) is 0 Å². The Morgan fingerprint density at radius 3 is 2.56 bits per heavy atom. The average molecular weight is 514 g/mol. The number of aromatic nitrogens is 1. The summed E-state index contributed by atoms with van der Waals surface area (Å²) in [4.78, 5) is 35.3. The molecule has 3 heterocycles. The number of nitrogens with one attached hydrogen (secondary N) is 1. The van der Waals surface area contributed by atoms with Gasteiger partial charge in [0.05, 0.1) is 12.9 Å². The molecule has 1 aromatic carbocycles. The smallest absolute Gasteiger partial charge is 0.253 e. The van der Waals surface area contributed by atoms with E-state index < -0.39 is 15.6 Å².